The molecule has 0 atom stereocenters. The van der Waals surface area contributed by atoms with Crippen molar-refractivity contribution in [1.82, 2.24) is 4.98 Å². The Labute approximate surface area is 119 Å². The number of hydrogen-bond donors (Lipinski definition) is 2. The molecule has 0 saturated heterocycles. The number of aromatic amines is 1. The van der Waals surface area contributed by atoms with E-state index in [1.807, 2.05) is 0 Å². The zero-order valence-electron chi connectivity index (χ0n) is 10.3. The van der Waals surface area contributed by atoms with E-state index in [1.165, 1.54) is 18.2 Å². The number of hydrogen-bond acceptors (Lipinski definition) is 2. The summed E-state index contributed by atoms with van der Waals surface area (Å²) in [5.41, 5.74) is 7.51. The predicted molar refractivity (Wildman–Crippen MR) is 77.6 cm³/mol. The number of carbonyl (C=O) groups is 1. The van der Waals surface area contributed by atoms with E-state index in [-0.39, 0.29) is 5.78 Å². The molecule has 3 rings (SSSR count). The fourth-order valence-electron chi connectivity index (χ4n) is 2.15. The third-order valence-electron chi connectivity index (χ3n) is 3.15. The molecule has 0 unspecified atom stereocenters. The van der Waals surface area contributed by atoms with E-state index >= 15 is 0 Å². The van der Waals surface area contributed by atoms with Gasteiger partial charge in [-0.25, -0.2) is 4.39 Å². The first-order valence-electron chi connectivity index (χ1n) is 5.92. The van der Waals surface area contributed by atoms with Crippen LogP contribution in [0.25, 0.3) is 10.9 Å². The van der Waals surface area contributed by atoms with Crippen molar-refractivity contribution in [1.29, 1.82) is 0 Å². The average Bonchev–Trinajstić information content (AvgIpc) is 2.83. The van der Waals surface area contributed by atoms with Crippen LogP contribution in [0, 0.1) is 5.82 Å². The Hall–Kier alpha value is -2.33. The monoisotopic (exact) mass is 288 g/mol. The van der Waals surface area contributed by atoms with Crippen molar-refractivity contribution in [3.63, 3.8) is 0 Å². The summed E-state index contributed by atoms with van der Waals surface area (Å²) in [6.07, 6.45) is 1.55. The largest absolute Gasteiger partial charge is 0.398 e. The number of halogens is 2. The topological polar surface area (TPSA) is 58.9 Å². The SMILES string of the molecule is Nc1ccc(Cl)cc1C(=O)c1c[nH]c2ccc(F)cc12. The summed E-state index contributed by atoms with van der Waals surface area (Å²) in [5.74, 6) is -0.688. The molecule has 3 N–H and O–H groups in total. The normalized spacial score (nSPS) is 10.9. The van der Waals surface area contributed by atoms with Crippen molar-refractivity contribution in [3.8, 4) is 0 Å². The molecule has 0 saturated carbocycles. The van der Waals surface area contributed by atoms with Crippen LogP contribution in [0.2, 0.25) is 5.02 Å². The molecule has 1 heterocycles. The number of benzene rings is 2. The standard InChI is InChI=1S/C15H10ClFN2O/c16-8-1-3-13(18)11(5-8)15(20)12-7-19-14-4-2-9(17)6-10(12)14/h1-7,19H,18H2. The van der Waals surface area contributed by atoms with E-state index in [1.54, 1.807) is 24.4 Å². The van der Waals surface area contributed by atoms with E-state index < -0.39 is 5.82 Å². The highest BCUT2D eigenvalue weighted by Crippen LogP contribution is 2.26. The summed E-state index contributed by atoms with van der Waals surface area (Å²) in [4.78, 5) is 15.5. The molecule has 0 fully saturated rings. The molecule has 0 spiro atoms. The van der Waals surface area contributed by atoms with Gasteiger partial charge < -0.3 is 10.7 Å². The number of H-pyrrole nitrogens is 1. The van der Waals surface area contributed by atoms with Gasteiger partial charge in [-0.2, -0.15) is 0 Å². The van der Waals surface area contributed by atoms with Gasteiger partial charge in [-0.3, -0.25) is 4.79 Å². The fourth-order valence-corrected chi connectivity index (χ4v) is 2.32. The van der Waals surface area contributed by atoms with Gasteiger partial charge in [-0.15, -0.1) is 0 Å². The molecule has 1 aromatic heterocycles. The second-order valence-electron chi connectivity index (χ2n) is 4.45. The van der Waals surface area contributed by atoms with Gasteiger partial charge in [0.1, 0.15) is 5.82 Å². The smallest absolute Gasteiger partial charge is 0.197 e. The van der Waals surface area contributed by atoms with Crippen LogP contribution in [0.5, 0.6) is 0 Å². The molecule has 3 nitrogen and oxygen atoms in total. The van der Waals surface area contributed by atoms with Crippen LogP contribution < -0.4 is 5.73 Å². The van der Waals surface area contributed by atoms with Crippen LogP contribution in [0.1, 0.15) is 15.9 Å². The highest BCUT2D eigenvalue weighted by molar-refractivity contribution is 6.31. The number of ketones is 1. The lowest BCUT2D eigenvalue weighted by Crippen LogP contribution is -2.04. The fraction of sp³-hybridized carbons (Fsp3) is 0. The Kier molecular flexibility index (Phi) is 2.95. The molecule has 0 amide bonds. The molecular weight excluding hydrogens is 279 g/mol. The lowest BCUT2D eigenvalue weighted by Gasteiger charge is -2.04. The number of carbonyl (C=O) groups excluding carboxylic acids is 1. The highest BCUT2D eigenvalue weighted by atomic mass is 35.5. The van der Waals surface area contributed by atoms with Gasteiger partial charge in [0.2, 0.25) is 0 Å². The summed E-state index contributed by atoms with van der Waals surface area (Å²) in [6.45, 7) is 0. The van der Waals surface area contributed by atoms with E-state index in [0.29, 0.717) is 32.7 Å². The Balaban J connectivity index is 2.17. The molecule has 2 aromatic carbocycles. The molecule has 5 heteroatoms. The van der Waals surface area contributed by atoms with Crippen LogP contribution in [-0.4, -0.2) is 10.8 Å². The Morgan fingerprint density at radius 2 is 1.95 bits per heavy atom. The molecule has 100 valence electrons. The molecule has 3 aromatic rings. The molecule has 20 heavy (non-hydrogen) atoms. The van der Waals surface area contributed by atoms with Gasteiger partial charge in [0.05, 0.1) is 0 Å². The molecule has 0 bridgehead atoms. The Morgan fingerprint density at radius 3 is 2.75 bits per heavy atom. The van der Waals surface area contributed by atoms with Gasteiger partial charge in [0.15, 0.2) is 5.78 Å². The second-order valence-corrected chi connectivity index (χ2v) is 4.89. The van der Waals surface area contributed by atoms with Crippen molar-refractivity contribution >= 4 is 34.0 Å². The summed E-state index contributed by atoms with van der Waals surface area (Å²) in [5, 5.41) is 0.947. The summed E-state index contributed by atoms with van der Waals surface area (Å²) >= 11 is 5.89. The molecular formula is C15H10ClFN2O. The van der Waals surface area contributed by atoms with Crippen LogP contribution in [0.4, 0.5) is 10.1 Å². The number of nitrogen functional groups attached to an aromatic ring is 1. The minimum absolute atomic E-state index is 0.290. The number of rotatable bonds is 2. The number of fused-ring (bicyclic) bond motifs is 1. The predicted octanol–water partition coefficient (Wildman–Crippen LogP) is 3.77. The van der Waals surface area contributed by atoms with Crippen LogP contribution in [0.3, 0.4) is 0 Å². The summed E-state index contributed by atoms with van der Waals surface area (Å²) in [7, 11) is 0. The van der Waals surface area contributed by atoms with Gasteiger partial charge in [0.25, 0.3) is 0 Å². The molecule has 0 radical (unpaired) electrons. The highest BCUT2D eigenvalue weighted by Gasteiger charge is 2.17. The lowest BCUT2D eigenvalue weighted by atomic mass is 10.0. The third kappa shape index (κ3) is 2.04. The van der Waals surface area contributed by atoms with Crippen molar-refractivity contribution in [2.45, 2.75) is 0 Å². The van der Waals surface area contributed by atoms with Crippen LogP contribution >= 0.6 is 11.6 Å². The first kappa shape index (κ1) is 12.7. The molecule has 0 aliphatic carbocycles. The second kappa shape index (κ2) is 4.65. The molecule has 0 aliphatic heterocycles. The number of nitrogens with two attached hydrogens (primary N) is 1. The minimum Gasteiger partial charge on any atom is -0.398 e. The zero-order valence-corrected chi connectivity index (χ0v) is 11.0. The number of aromatic nitrogens is 1. The van der Waals surface area contributed by atoms with E-state index in [2.05, 4.69) is 4.98 Å². The zero-order chi connectivity index (χ0) is 14.3. The van der Waals surface area contributed by atoms with Crippen LogP contribution in [0.15, 0.2) is 42.6 Å². The van der Waals surface area contributed by atoms with Crippen LogP contribution in [-0.2, 0) is 0 Å². The first-order valence-corrected chi connectivity index (χ1v) is 6.30. The van der Waals surface area contributed by atoms with Crippen molar-refractivity contribution in [2.24, 2.45) is 0 Å². The van der Waals surface area contributed by atoms with Crippen molar-refractivity contribution < 1.29 is 9.18 Å². The quantitative estimate of drug-likeness (QED) is 0.557. The van der Waals surface area contributed by atoms with Gasteiger partial charge in [-0.1, -0.05) is 11.6 Å². The van der Waals surface area contributed by atoms with E-state index in [9.17, 15) is 9.18 Å². The van der Waals surface area contributed by atoms with Gasteiger partial charge in [0, 0.05) is 38.9 Å². The summed E-state index contributed by atoms with van der Waals surface area (Å²) in [6, 6.07) is 8.94. The van der Waals surface area contributed by atoms with E-state index in [4.69, 9.17) is 17.3 Å². The Bertz CT molecular complexity index is 826. The number of anilines is 1. The minimum atomic E-state index is -0.398. The van der Waals surface area contributed by atoms with Crippen molar-refractivity contribution in [3.05, 3.63) is 64.6 Å². The average molecular weight is 289 g/mol. The maximum absolute atomic E-state index is 13.3. The maximum atomic E-state index is 13.3. The van der Waals surface area contributed by atoms with Gasteiger partial charge in [-0.05, 0) is 36.4 Å². The number of nitrogens with one attached hydrogen (secondary N) is 1. The van der Waals surface area contributed by atoms with Gasteiger partial charge >= 0.3 is 0 Å². The third-order valence-corrected chi connectivity index (χ3v) is 3.38. The lowest BCUT2D eigenvalue weighted by molar-refractivity contribution is 0.104. The summed E-state index contributed by atoms with van der Waals surface area (Å²) < 4.78 is 13.3. The van der Waals surface area contributed by atoms with Crippen molar-refractivity contribution in [2.75, 3.05) is 5.73 Å². The molecule has 0 aliphatic rings. The first-order chi connectivity index (χ1) is 9.56. The van der Waals surface area contributed by atoms with E-state index in [0.717, 1.165) is 0 Å². The maximum Gasteiger partial charge on any atom is 0.197 e. The Morgan fingerprint density at radius 1 is 1.15 bits per heavy atom.